The fourth-order valence-corrected chi connectivity index (χ4v) is 5.60. The van der Waals surface area contributed by atoms with Gasteiger partial charge < -0.3 is 21.1 Å². The van der Waals surface area contributed by atoms with Gasteiger partial charge in [0.05, 0.1) is 22.2 Å². The van der Waals surface area contributed by atoms with E-state index in [9.17, 15) is 14.7 Å². The van der Waals surface area contributed by atoms with Crippen LogP contribution in [0, 0.1) is 11.6 Å². The number of nitrogens with zero attached hydrogens (tertiary/aromatic N) is 1. The van der Waals surface area contributed by atoms with Crippen LogP contribution in [0.5, 0.6) is 0 Å². The molecule has 1 saturated carbocycles. The van der Waals surface area contributed by atoms with Gasteiger partial charge in [-0.25, -0.2) is 13.6 Å². The lowest BCUT2D eigenvalue weighted by Crippen LogP contribution is -2.21. The van der Waals surface area contributed by atoms with Crippen molar-refractivity contribution in [3.05, 3.63) is 50.1 Å². The molecule has 0 aliphatic heterocycles. The van der Waals surface area contributed by atoms with Gasteiger partial charge in [0.2, 0.25) is 5.43 Å². The Morgan fingerprint density at radius 3 is 2.60 bits per heavy atom. The van der Waals surface area contributed by atoms with E-state index in [0.717, 1.165) is 35.9 Å². The minimum atomic E-state index is -1.46. The van der Waals surface area contributed by atoms with E-state index in [1.54, 1.807) is 6.07 Å². The molecule has 1 atom stereocenters. The van der Waals surface area contributed by atoms with Crippen molar-refractivity contribution in [3.63, 3.8) is 0 Å². The van der Waals surface area contributed by atoms with Gasteiger partial charge in [0.1, 0.15) is 5.56 Å². The maximum Gasteiger partial charge on any atom is 0.341 e. The molecule has 5 N–H and O–H groups in total. The number of carbonyl (C=O) groups is 1. The third-order valence-corrected chi connectivity index (χ3v) is 7.19. The highest BCUT2D eigenvalue weighted by Gasteiger charge is 2.33. The summed E-state index contributed by atoms with van der Waals surface area (Å²) >= 11 is 1.28. The van der Waals surface area contributed by atoms with Crippen LogP contribution in [0.2, 0.25) is 0 Å². The minimum absolute atomic E-state index is 0.142. The predicted octanol–water partition coefficient (Wildman–Crippen LogP) is 3.96. The first-order valence-electron chi connectivity index (χ1n) is 9.76. The average Bonchev–Trinajstić information content (AvgIpc) is 3.45. The number of thiophene rings is 1. The number of halogens is 2. The molecule has 0 spiro atoms. The molecule has 1 unspecified atom stereocenters. The maximum absolute atomic E-state index is 15.8. The molecular weight excluding hydrogens is 412 g/mol. The van der Waals surface area contributed by atoms with E-state index in [2.05, 4.69) is 0 Å². The molecule has 2 aliphatic carbocycles. The van der Waals surface area contributed by atoms with Gasteiger partial charge in [-0.3, -0.25) is 4.79 Å². The summed E-state index contributed by atoms with van der Waals surface area (Å²) in [5.74, 6) is -3.40. The SMILES string of the molecule is Nc1c(F)c(-c2cc3c(s2)CCCC3N)c(F)c2c1c(=O)c(C(=O)O)cn2C1CC1. The van der Waals surface area contributed by atoms with Crippen LogP contribution in [-0.4, -0.2) is 15.6 Å². The van der Waals surface area contributed by atoms with Crippen molar-refractivity contribution in [2.24, 2.45) is 5.73 Å². The number of benzene rings is 1. The van der Waals surface area contributed by atoms with Gasteiger partial charge in [0.15, 0.2) is 11.6 Å². The highest BCUT2D eigenvalue weighted by molar-refractivity contribution is 7.15. The van der Waals surface area contributed by atoms with Gasteiger partial charge in [-0.15, -0.1) is 11.3 Å². The molecule has 2 heterocycles. The second kappa shape index (κ2) is 6.61. The van der Waals surface area contributed by atoms with Crippen LogP contribution in [-0.2, 0) is 6.42 Å². The molecule has 9 heteroatoms. The zero-order valence-electron chi connectivity index (χ0n) is 15.9. The van der Waals surface area contributed by atoms with Crippen LogP contribution in [0.15, 0.2) is 17.1 Å². The Hall–Kier alpha value is -2.78. The van der Waals surface area contributed by atoms with Crippen LogP contribution in [0.1, 0.15) is 58.6 Å². The molecule has 3 aromatic rings. The summed E-state index contributed by atoms with van der Waals surface area (Å²) in [6, 6.07) is 1.38. The second-order valence-electron chi connectivity index (χ2n) is 7.94. The normalized spacial score (nSPS) is 18.6. The fourth-order valence-electron chi connectivity index (χ4n) is 4.29. The Morgan fingerprint density at radius 2 is 1.97 bits per heavy atom. The number of aryl methyl sites for hydroxylation is 1. The number of aromatic carboxylic acids is 1. The average molecular weight is 431 g/mol. The van der Waals surface area contributed by atoms with Crippen molar-refractivity contribution in [2.45, 2.75) is 44.2 Å². The quantitative estimate of drug-likeness (QED) is 0.544. The standard InChI is InChI=1S/C21H19F2N3O3S/c22-16-14(13-6-9-11(24)2-1-3-12(9)30-13)17(23)19-15(18(16)25)20(27)10(21(28)29)7-26(19)8-4-5-8/h6-8,11H,1-5,24-25H2,(H,28,29). The number of anilines is 1. The fraction of sp³-hybridized carbons (Fsp3) is 0.333. The van der Waals surface area contributed by atoms with E-state index in [1.165, 1.54) is 15.9 Å². The summed E-state index contributed by atoms with van der Waals surface area (Å²) in [5, 5.41) is 8.96. The third-order valence-electron chi connectivity index (χ3n) is 5.96. The van der Waals surface area contributed by atoms with Crippen LogP contribution >= 0.6 is 11.3 Å². The van der Waals surface area contributed by atoms with E-state index < -0.39 is 39.7 Å². The summed E-state index contributed by atoms with van der Waals surface area (Å²) in [5.41, 5.74) is 10.5. The van der Waals surface area contributed by atoms with Crippen molar-refractivity contribution in [1.82, 2.24) is 4.57 Å². The van der Waals surface area contributed by atoms with E-state index in [1.807, 2.05) is 0 Å². The summed E-state index contributed by atoms with van der Waals surface area (Å²) in [7, 11) is 0. The number of rotatable bonds is 3. The molecule has 0 saturated heterocycles. The van der Waals surface area contributed by atoms with Crippen LogP contribution in [0.3, 0.4) is 0 Å². The van der Waals surface area contributed by atoms with Crippen LogP contribution in [0.25, 0.3) is 21.3 Å². The molecule has 1 fully saturated rings. The Balaban J connectivity index is 1.86. The summed E-state index contributed by atoms with van der Waals surface area (Å²) in [6.07, 6.45) is 5.10. The first-order chi connectivity index (χ1) is 14.3. The summed E-state index contributed by atoms with van der Waals surface area (Å²) in [6.45, 7) is 0. The topological polar surface area (TPSA) is 111 Å². The van der Waals surface area contributed by atoms with Crippen LogP contribution < -0.4 is 16.9 Å². The van der Waals surface area contributed by atoms with Crippen LogP contribution in [0.4, 0.5) is 14.5 Å². The molecular formula is C21H19F2N3O3S. The largest absolute Gasteiger partial charge is 0.477 e. The number of fused-ring (bicyclic) bond motifs is 2. The molecule has 0 bridgehead atoms. The minimum Gasteiger partial charge on any atom is -0.477 e. The van der Waals surface area contributed by atoms with Gasteiger partial charge in [-0.1, -0.05) is 0 Å². The molecule has 156 valence electrons. The molecule has 30 heavy (non-hydrogen) atoms. The Morgan fingerprint density at radius 1 is 1.23 bits per heavy atom. The van der Waals surface area contributed by atoms with Crippen molar-refractivity contribution >= 4 is 33.9 Å². The number of carboxylic acid groups (broad SMARTS) is 1. The molecule has 2 aliphatic rings. The Kier molecular flexibility index (Phi) is 4.23. The molecule has 6 nitrogen and oxygen atoms in total. The lowest BCUT2D eigenvalue weighted by molar-refractivity contribution is 0.0695. The zero-order valence-corrected chi connectivity index (χ0v) is 16.7. The van der Waals surface area contributed by atoms with E-state index in [0.29, 0.717) is 17.7 Å². The Labute approximate surface area is 173 Å². The highest BCUT2D eigenvalue weighted by atomic mass is 32.1. The number of nitrogens with two attached hydrogens (primary N) is 2. The predicted molar refractivity (Wildman–Crippen MR) is 111 cm³/mol. The molecule has 5 rings (SSSR count). The smallest absolute Gasteiger partial charge is 0.341 e. The number of hydrogen-bond acceptors (Lipinski definition) is 5. The van der Waals surface area contributed by atoms with Gasteiger partial charge >= 0.3 is 5.97 Å². The van der Waals surface area contributed by atoms with Gasteiger partial charge in [0, 0.05) is 28.0 Å². The Bertz CT molecular complexity index is 1290. The van der Waals surface area contributed by atoms with Crippen molar-refractivity contribution in [3.8, 4) is 10.4 Å². The summed E-state index contributed by atoms with van der Waals surface area (Å²) in [4.78, 5) is 25.6. The lowest BCUT2D eigenvalue weighted by atomic mass is 9.94. The number of carboxylic acids is 1. The number of aromatic nitrogens is 1. The van der Waals surface area contributed by atoms with Crippen molar-refractivity contribution < 1.29 is 18.7 Å². The van der Waals surface area contributed by atoms with Gasteiger partial charge in [-0.2, -0.15) is 0 Å². The maximum atomic E-state index is 15.8. The van der Waals surface area contributed by atoms with Crippen molar-refractivity contribution in [2.75, 3.05) is 5.73 Å². The van der Waals surface area contributed by atoms with E-state index >= 15 is 8.78 Å². The monoisotopic (exact) mass is 431 g/mol. The van der Waals surface area contributed by atoms with Gasteiger partial charge in [0.25, 0.3) is 0 Å². The van der Waals surface area contributed by atoms with E-state index in [-0.39, 0.29) is 23.2 Å². The lowest BCUT2D eigenvalue weighted by Gasteiger charge is -2.17. The molecule has 0 amide bonds. The van der Waals surface area contributed by atoms with Crippen molar-refractivity contribution in [1.29, 1.82) is 0 Å². The first kappa shape index (κ1) is 19.2. The summed E-state index contributed by atoms with van der Waals surface area (Å²) < 4.78 is 32.5. The number of nitrogen functional groups attached to an aromatic ring is 1. The molecule has 2 aromatic heterocycles. The number of hydrogen-bond donors (Lipinski definition) is 3. The zero-order chi connectivity index (χ0) is 21.3. The van der Waals surface area contributed by atoms with Gasteiger partial charge in [-0.05, 0) is 43.7 Å². The number of pyridine rings is 1. The third kappa shape index (κ3) is 2.69. The highest BCUT2D eigenvalue weighted by Crippen LogP contribution is 2.45. The molecule has 1 aromatic carbocycles. The second-order valence-corrected chi connectivity index (χ2v) is 9.08. The van der Waals surface area contributed by atoms with E-state index in [4.69, 9.17) is 11.5 Å². The molecule has 0 radical (unpaired) electrons. The first-order valence-corrected chi connectivity index (χ1v) is 10.6.